The molecule has 0 aromatic heterocycles. The molecule has 17 heavy (non-hydrogen) atoms. The first kappa shape index (κ1) is 13.8. The van der Waals surface area contributed by atoms with E-state index in [4.69, 9.17) is 11.6 Å². The fourth-order valence-corrected chi connectivity index (χ4v) is 0.999. The number of benzene rings is 1. The second kappa shape index (κ2) is 4.56. The number of aliphatic imine (C=N–C) groups is 1. The van der Waals surface area contributed by atoms with Crippen molar-refractivity contribution >= 4 is 22.5 Å². The summed E-state index contributed by atoms with van der Waals surface area (Å²) in [6.45, 7) is 0. The summed E-state index contributed by atoms with van der Waals surface area (Å²) in [6, 6.07) is 2.85. The van der Waals surface area contributed by atoms with Crippen LogP contribution in [0.2, 0.25) is 0 Å². The predicted molar refractivity (Wildman–Crippen MR) is 50.4 cm³/mol. The van der Waals surface area contributed by atoms with Crippen LogP contribution in [0.3, 0.4) is 0 Å². The Morgan fingerprint density at radius 1 is 0.941 bits per heavy atom. The van der Waals surface area contributed by atoms with Crippen molar-refractivity contribution in [2.75, 3.05) is 0 Å². The van der Waals surface area contributed by atoms with E-state index >= 15 is 0 Å². The van der Waals surface area contributed by atoms with Crippen LogP contribution in [0, 0.1) is 0 Å². The Kier molecular flexibility index (Phi) is 3.71. The molecular weight excluding hydrogens is 272 g/mol. The van der Waals surface area contributed by atoms with E-state index in [9.17, 15) is 26.3 Å². The van der Waals surface area contributed by atoms with E-state index in [0.717, 1.165) is 12.1 Å². The third kappa shape index (κ3) is 3.92. The minimum atomic E-state index is -4.82. The Bertz CT molecular complexity index is 417. The molecule has 0 aliphatic rings. The summed E-state index contributed by atoms with van der Waals surface area (Å²) in [4.78, 5) is 2.94. The molecule has 94 valence electrons. The highest BCUT2D eigenvalue weighted by molar-refractivity contribution is 6.67. The molecule has 1 aromatic rings. The van der Waals surface area contributed by atoms with Crippen LogP contribution < -0.4 is 0 Å². The lowest BCUT2D eigenvalue weighted by Crippen LogP contribution is -2.16. The van der Waals surface area contributed by atoms with Gasteiger partial charge in [0, 0.05) is 0 Å². The van der Waals surface area contributed by atoms with Crippen molar-refractivity contribution in [3.63, 3.8) is 0 Å². The summed E-state index contributed by atoms with van der Waals surface area (Å²) >= 11 is 4.82. The molecule has 0 saturated heterocycles. The highest BCUT2D eigenvalue weighted by Gasteiger charge is 2.34. The van der Waals surface area contributed by atoms with E-state index in [1.165, 1.54) is 0 Å². The van der Waals surface area contributed by atoms with Gasteiger partial charge in [-0.25, -0.2) is 4.99 Å². The zero-order valence-corrected chi connectivity index (χ0v) is 8.66. The SMILES string of the molecule is FC(F)(F)C(Cl)=Nc1ccc(C(F)(F)F)cc1. The molecule has 0 fully saturated rings. The smallest absolute Gasteiger partial charge is 0.232 e. The van der Waals surface area contributed by atoms with Gasteiger partial charge in [0.05, 0.1) is 11.3 Å². The van der Waals surface area contributed by atoms with Crippen LogP contribution in [0.25, 0.3) is 0 Å². The van der Waals surface area contributed by atoms with Crippen molar-refractivity contribution in [2.24, 2.45) is 4.99 Å². The standard InChI is InChI=1S/C9H4ClF6N/c10-7(9(14,15)16)17-6-3-1-5(2-4-6)8(11,12)13/h1-4H. The van der Waals surface area contributed by atoms with Crippen LogP contribution in [-0.4, -0.2) is 11.3 Å². The topological polar surface area (TPSA) is 12.4 Å². The molecule has 0 saturated carbocycles. The van der Waals surface area contributed by atoms with Crippen LogP contribution >= 0.6 is 11.6 Å². The predicted octanol–water partition coefficient (Wildman–Crippen LogP) is 4.54. The van der Waals surface area contributed by atoms with Gasteiger partial charge in [-0.15, -0.1) is 0 Å². The Balaban J connectivity index is 2.97. The molecule has 0 unspecified atom stereocenters. The third-order valence-electron chi connectivity index (χ3n) is 1.66. The molecule has 0 spiro atoms. The number of rotatable bonds is 1. The second-order valence-electron chi connectivity index (χ2n) is 2.95. The van der Waals surface area contributed by atoms with Crippen molar-refractivity contribution in [2.45, 2.75) is 12.4 Å². The summed E-state index contributed by atoms with van der Waals surface area (Å²) in [6.07, 6.45) is -9.36. The van der Waals surface area contributed by atoms with Gasteiger partial charge in [0.25, 0.3) is 0 Å². The Hall–Kier alpha value is -1.24. The quantitative estimate of drug-likeness (QED) is 0.527. The van der Waals surface area contributed by atoms with Gasteiger partial charge >= 0.3 is 12.4 Å². The molecule has 0 N–H and O–H groups in total. The van der Waals surface area contributed by atoms with Crippen molar-refractivity contribution in [1.82, 2.24) is 0 Å². The highest BCUT2D eigenvalue weighted by Crippen LogP contribution is 2.31. The first-order chi connectivity index (χ1) is 7.60. The van der Waals surface area contributed by atoms with Crippen LogP contribution in [-0.2, 0) is 6.18 Å². The molecule has 0 heterocycles. The molecule has 0 bridgehead atoms. The van der Waals surface area contributed by atoms with Crippen LogP contribution in [0.1, 0.15) is 5.56 Å². The molecular formula is C9H4ClF6N. The summed E-state index contributed by atoms with van der Waals surface area (Å²) in [5, 5.41) is -1.64. The first-order valence-electron chi connectivity index (χ1n) is 4.09. The molecule has 0 amide bonds. The molecule has 0 atom stereocenters. The lowest BCUT2D eigenvalue weighted by Gasteiger charge is -2.06. The highest BCUT2D eigenvalue weighted by atomic mass is 35.5. The molecule has 1 nitrogen and oxygen atoms in total. The number of alkyl halides is 6. The zero-order valence-electron chi connectivity index (χ0n) is 7.90. The summed E-state index contributed by atoms with van der Waals surface area (Å²) < 4.78 is 72.3. The molecule has 0 aliphatic carbocycles. The summed E-state index contributed by atoms with van der Waals surface area (Å²) in [5.74, 6) is 0. The maximum Gasteiger partial charge on any atom is 0.444 e. The van der Waals surface area contributed by atoms with Crippen molar-refractivity contribution in [1.29, 1.82) is 0 Å². The number of hydrogen-bond donors (Lipinski definition) is 0. The maximum atomic E-state index is 12.1. The van der Waals surface area contributed by atoms with E-state index in [1.807, 2.05) is 0 Å². The van der Waals surface area contributed by atoms with Gasteiger partial charge in [0.15, 0.2) is 0 Å². The van der Waals surface area contributed by atoms with Gasteiger partial charge in [-0.2, -0.15) is 26.3 Å². The molecule has 1 aromatic carbocycles. The van der Waals surface area contributed by atoms with E-state index in [1.54, 1.807) is 0 Å². The average molecular weight is 276 g/mol. The van der Waals surface area contributed by atoms with Gasteiger partial charge in [0.2, 0.25) is 5.17 Å². The van der Waals surface area contributed by atoms with E-state index in [2.05, 4.69) is 4.99 Å². The monoisotopic (exact) mass is 275 g/mol. The van der Waals surface area contributed by atoms with Gasteiger partial charge in [-0.3, -0.25) is 0 Å². The zero-order chi connectivity index (χ0) is 13.3. The normalized spacial score (nSPS) is 13.9. The fourth-order valence-electron chi connectivity index (χ4n) is 0.902. The van der Waals surface area contributed by atoms with Crippen LogP contribution in [0.15, 0.2) is 29.3 Å². The van der Waals surface area contributed by atoms with Crippen LogP contribution in [0.4, 0.5) is 32.0 Å². The second-order valence-corrected chi connectivity index (χ2v) is 3.30. The molecule has 1 rings (SSSR count). The third-order valence-corrected chi connectivity index (χ3v) is 1.95. The van der Waals surface area contributed by atoms with Crippen LogP contribution in [0.5, 0.6) is 0 Å². The molecule has 0 aliphatic heterocycles. The first-order valence-corrected chi connectivity index (χ1v) is 4.47. The van der Waals surface area contributed by atoms with E-state index < -0.39 is 23.1 Å². The largest absolute Gasteiger partial charge is 0.444 e. The van der Waals surface area contributed by atoms with Crippen molar-refractivity contribution in [3.8, 4) is 0 Å². The fraction of sp³-hybridized carbons (Fsp3) is 0.222. The molecule has 0 radical (unpaired) electrons. The number of halogens is 7. The molecule has 8 heteroatoms. The van der Waals surface area contributed by atoms with Gasteiger partial charge in [0.1, 0.15) is 0 Å². The van der Waals surface area contributed by atoms with Gasteiger partial charge < -0.3 is 0 Å². The summed E-state index contributed by atoms with van der Waals surface area (Å²) in [7, 11) is 0. The minimum absolute atomic E-state index is 0.305. The minimum Gasteiger partial charge on any atom is -0.232 e. The Morgan fingerprint density at radius 3 is 1.76 bits per heavy atom. The van der Waals surface area contributed by atoms with E-state index in [0.29, 0.717) is 12.1 Å². The average Bonchev–Trinajstić information content (AvgIpc) is 2.15. The lowest BCUT2D eigenvalue weighted by molar-refractivity contribution is -0.137. The lowest BCUT2D eigenvalue weighted by atomic mass is 10.2. The Labute approximate surface area is 96.7 Å². The Morgan fingerprint density at radius 2 is 1.41 bits per heavy atom. The van der Waals surface area contributed by atoms with Crippen molar-refractivity contribution in [3.05, 3.63) is 29.8 Å². The van der Waals surface area contributed by atoms with E-state index in [-0.39, 0.29) is 5.69 Å². The van der Waals surface area contributed by atoms with Crippen molar-refractivity contribution < 1.29 is 26.3 Å². The number of nitrogens with zero attached hydrogens (tertiary/aromatic N) is 1. The van der Waals surface area contributed by atoms with Gasteiger partial charge in [-0.1, -0.05) is 11.6 Å². The summed E-state index contributed by atoms with van der Waals surface area (Å²) in [5.41, 5.74) is -1.28. The number of hydrogen-bond acceptors (Lipinski definition) is 1. The maximum absolute atomic E-state index is 12.1. The van der Waals surface area contributed by atoms with Gasteiger partial charge in [-0.05, 0) is 24.3 Å².